The van der Waals surface area contributed by atoms with Crippen LogP contribution in [0.4, 0.5) is 11.4 Å². The Bertz CT molecular complexity index is 1050. The zero-order valence-corrected chi connectivity index (χ0v) is 15.8. The number of nitrogens with one attached hydrogen (secondary N) is 1. The Morgan fingerprint density at radius 3 is 2.72 bits per heavy atom. The highest BCUT2D eigenvalue weighted by Gasteiger charge is 2.18. The Kier molecular flexibility index (Phi) is 6.19. The van der Waals surface area contributed by atoms with Gasteiger partial charge in [0.25, 0.3) is 5.69 Å². The van der Waals surface area contributed by atoms with Crippen molar-refractivity contribution in [3.8, 4) is 0 Å². The van der Waals surface area contributed by atoms with Crippen molar-refractivity contribution < 1.29 is 14.5 Å². The number of aromatic nitrogens is 3. The molecule has 148 valence electrons. The second kappa shape index (κ2) is 8.97. The molecule has 0 saturated heterocycles. The third kappa shape index (κ3) is 5.17. The predicted molar refractivity (Wildman–Crippen MR) is 107 cm³/mol. The van der Waals surface area contributed by atoms with Crippen LogP contribution in [0, 0.1) is 10.1 Å². The highest BCUT2D eigenvalue weighted by atomic mass is 32.2. The van der Waals surface area contributed by atoms with E-state index in [1.807, 2.05) is 12.1 Å². The molecule has 0 bridgehead atoms. The molecule has 1 heterocycles. The number of carbonyl (C=O) groups excluding carboxylic acids is 2. The number of benzene rings is 2. The average Bonchev–Trinajstić information content (AvgIpc) is 3.20. The van der Waals surface area contributed by atoms with Crippen LogP contribution in [0.15, 0.2) is 60.0 Å². The number of hydrogen-bond donors (Lipinski definition) is 2. The van der Waals surface area contributed by atoms with Crippen LogP contribution in [0.25, 0.3) is 0 Å². The summed E-state index contributed by atoms with van der Waals surface area (Å²) in [5.74, 6) is -1.13. The number of rotatable bonds is 8. The molecule has 11 heteroatoms. The first kappa shape index (κ1) is 20.0. The van der Waals surface area contributed by atoms with E-state index in [1.165, 1.54) is 18.5 Å². The van der Waals surface area contributed by atoms with Gasteiger partial charge in [0.05, 0.1) is 22.1 Å². The minimum absolute atomic E-state index is 0.0348. The number of carbonyl (C=O) groups is 2. The van der Waals surface area contributed by atoms with Crippen molar-refractivity contribution in [1.82, 2.24) is 14.8 Å². The van der Waals surface area contributed by atoms with E-state index in [9.17, 15) is 19.7 Å². The lowest BCUT2D eigenvalue weighted by molar-refractivity contribution is -0.387. The maximum Gasteiger partial charge on any atom is 0.283 e. The SMILES string of the molecule is NC(=O)c1ccc(SCC(=O)Nc2ccccc2Cn2cncn2)c([N+](=O)[O-])c1. The zero-order valence-electron chi connectivity index (χ0n) is 15.0. The van der Waals surface area contributed by atoms with Crippen LogP contribution in [0.3, 0.4) is 0 Å². The van der Waals surface area contributed by atoms with E-state index >= 15 is 0 Å². The number of thioether (sulfide) groups is 1. The molecule has 0 aliphatic carbocycles. The molecular formula is C18H16N6O4S. The smallest absolute Gasteiger partial charge is 0.283 e. The van der Waals surface area contributed by atoms with Crippen LogP contribution in [0.1, 0.15) is 15.9 Å². The number of hydrogen-bond acceptors (Lipinski definition) is 7. The van der Waals surface area contributed by atoms with Gasteiger partial charge < -0.3 is 11.1 Å². The molecule has 2 aromatic carbocycles. The quantitative estimate of drug-likeness (QED) is 0.327. The second-order valence-corrected chi connectivity index (χ2v) is 6.91. The monoisotopic (exact) mass is 412 g/mol. The summed E-state index contributed by atoms with van der Waals surface area (Å²) >= 11 is 1.00. The number of primary amides is 1. The summed E-state index contributed by atoms with van der Waals surface area (Å²) in [5, 5.41) is 18.1. The van der Waals surface area contributed by atoms with Crippen LogP contribution >= 0.6 is 11.8 Å². The number of para-hydroxylation sites is 1. The summed E-state index contributed by atoms with van der Waals surface area (Å²) in [6.07, 6.45) is 3.00. The predicted octanol–water partition coefficient (Wildman–Crippen LogP) is 2.06. The Balaban J connectivity index is 1.68. The topological polar surface area (TPSA) is 146 Å². The van der Waals surface area contributed by atoms with Gasteiger partial charge in [-0.2, -0.15) is 5.10 Å². The molecule has 0 saturated carbocycles. The maximum absolute atomic E-state index is 12.4. The van der Waals surface area contributed by atoms with Gasteiger partial charge in [-0.15, -0.1) is 11.8 Å². The van der Waals surface area contributed by atoms with E-state index < -0.39 is 10.8 Å². The minimum Gasteiger partial charge on any atom is -0.366 e. The van der Waals surface area contributed by atoms with E-state index in [0.29, 0.717) is 12.2 Å². The normalized spacial score (nSPS) is 10.5. The lowest BCUT2D eigenvalue weighted by Crippen LogP contribution is -2.16. The highest BCUT2D eigenvalue weighted by molar-refractivity contribution is 8.00. The molecule has 29 heavy (non-hydrogen) atoms. The van der Waals surface area contributed by atoms with E-state index in [1.54, 1.807) is 23.1 Å². The van der Waals surface area contributed by atoms with Gasteiger partial charge in [0.2, 0.25) is 11.8 Å². The van der Waals surface area contributed by atoms with Gasteiger partial charge in [-0.3, -0.25) is 19.7 Å². The summed E-state index contributed by atoms with van der Waals surface area (Å²) in [6.45, 7) is 0.434. The van der Waals surface area contributed by atoms with Gasteiger partial charge in [-0.1, -0.05) is 18.2 Å². The summed E-state index contributed by atoms with van der Waals surface area (Å²) < 4.78 is 1.63. The van der Waals surface area contributed by atoms with Gasteiger partial charge in [0.1, 0.15) is 12.7 Å². The molecule has 0 aliphatic heterocycles. The van der Waals surface area contributed by atoms with Crippen molar-refractivity contribution in [3.05, 3.63) is 76.4 Å². The maximum atomic E-state index is 12.4. The molecule has 0 unspecified atom stereocenters. The molecule has 3 rings (SSSR count). The third-order valence-corrected chi connectivity index (χ3v) is 4.95. The molecule has 2 amide bonds. The first-order chi connectivity index (χ1) is 13.9. The lowest BCUT2D eigenvalue weighted by atomic mass is 10.2. The number of nitrogens with two attached hydrogens (primary N) is 1. The number of anilines is 1. The molecule has 10 nitrogen and oxygen atoms in total. The average molecular weight is 412 g/mol. The Hall–Kier alpha value is -3.73. The van der Waals surface area contributed by atoms with Crippen LogP contribution < -0.4 is 11.1 Å². The Labute approximate surface area is 169 Å². The summed E-state index contributed by atoms with van der Waals surface area (Å²) in [4.78, 5) is 38.4. The first-order valence-electron chi connectivity index (χ1n) is 8.35. The van der Waals surface area contributed by atoms with Crippen molar-refractivity contribution in [2.24, 2.45) is 5.73 Å². The number of nitro benzene ring substituents is 1. The van der Waals surface area contributed by atoms with E-state index in [4.69, 9.17) is 5.73 Å². The molecule has 0 aliphatic rings. The molecule has 0 radical (unpaired) electrons. The number of nitrogens with zero attached hydrogens (tertiary/aromatic N) is 4. The fourth-order valence-electron chi connectivity index (χ4n) is 2.53. The van der Waals surface area contributed by atoms with Gasteiger partial charge in [0, 0.05) is 17.3 Å². The fourth-order valence-corrected chi connectivity index (χ4v) is 3.34. The van der Waals surface area contributed by atoms with Crippen molar-refractivity contribution in [2.45, 2.75) is 11.4 Å². The minimum atomic E-state index is -0.758. The van der Waals surface area contributed by atoms with Crippen LogP contribution in [0.2, 0.25) is 0 Å². The van der Waals surface area contributed by atoms with Crippen LogP contribution in [-0.4, -0.2) is 37.3 Å². The van der Waals surface area contributed by atoms with Crippen molar-refractivity contribution in [3.63, 3.8) is 0 Å². The van der Waals surface area contributed by atoms with Gasteiger partial charge >= 0.3 is 0 Å². The molecule has 0 atom stereocenters. The van der Waals surface area contributed by atoms with Crippen molar-refractivity contribution in [1.29, 1.82) is 0 Å². The van der Waals surface area contributed by atoms with E-state index in [2.05, 4.69) is 15.4 Å². The Morgan fingerprint density at radius 1 is 1.24 bits per heavy atom. The largest absolute Gasteiger partial charge is 0.366 e. The summed E-state index contributed by atoms with van der Waals surface area (Å²) in [6, 6.07) is 11.2. The molecule has 0 fully saturated rings. The summed E-state index contributed by atoms with van der Waals surface area (Å²) in [5.41, 5.74) is 6.38. The van der Waals surface area contributed by atoms with Crippen LogP contribution in [0.5, 0.6) is 0 Å². The van der Waals surface area contributed by atoms with Crippen LogP contribution in [-0.2, 0) is 11.3 Å². The standard InChI is InChI=1S/C18H16N6O4S/c19-18(26)12-5-6-16(15(7-12)24(27)28)29-9-17(25)22-14-4-2-1-3-13(14)8-23-11-20-10-21-23/h1-7,10-11H,8-9H2,(H2,19,26)(H,22,25). The molecule has 0 spiro atoms. The van der Waals surface area contributed by atoms with Gasteiger partial charge in [0.15, 0.2) is 0 Å². The first-order valence-corrected chi connectivity index (χ1v) is 9.34. The van der Waals surface area contributed by atoms with Gasteiger partial charge in [-0.05, 0) is 23.8 Å². The molecule has 3 aromatic rings. The second-order valence-electron chi connectivity index (χ2n) is 5.89. The highest BCUT2D eigenvalue weighted by Crippen LogP contribution is 2.30. The fraction of sp³-hybridized carbons (Fsp3) is 0.111. The number of nitro groups is 1. The van der Waals surface area contributed by atoms with E-state index in [-0.39, 0.29) is 27.8 Å². The van der Waals surface area contributed by atoms with E-state index in [0.717, 1.165) is 23.4 Å². The van der Waals surface area contributed by atoms with Crippen molar-refractivity contribution in [2.75, 3.05) is 11.1 Å². The number of amides is 2. The Morgan fingerprint density at radius 2 is 2.03 bits per heavy atom. The molecule has 1 aromatic heterocycles. The lowest BCUT2D eigenvalue weighted by Gasteiger charge is -2.11. The van der Waals surface area contributed by atoms with Gasteiger partial charge in [-0.25, -0.2) is 9.67 Å². The van der Waals surface area contributed by atoms with Crippen molar-refractivity contribution >= 4 is 35.0 Å². The zero-order chi connectivity index (χ0) is 20.8. The third-order valence-electron chi connectivity index (χ3n) is 3.89. The molecular weight excluding hydrogens is 396 g/mol. The molecule has 3 N–H and O–H groups in total. The summed E-state index contributed by atoms with van der Waals surface area (Å²) in [7, 11) is 0.